The molecule has 2 amide bonds. The van der Waals surface area contributed by atoms with Gasteiger partial charge in [0, 0.05) is 137 Å². The van der Waals surface area contributed by atoms with Gasteiger partial charge in [0.05, 0.1) is 109 Å². The highest BCUT2D eigenvalue weighted by atomic mass is 79.9. The number of amides is 2. The summed E-state index contributed by atoms with van der Waals surface area (Å²) >= 11 is 3.16. The molecule has 0 aliphatic carbocycles. The zero-order valence-electron chi connectivity index (χ0n) is 70.7. The van der Waals surface area contributed by atoms with Crippen LogP contribution in [0, 0.1) is 74.5 Å². The average Bonchev–Trinajstić information content (AvgIpc) is 0.768. The number of nitrogen functional groups attached to an aromatic ring is 1. The molecule has 4 saturated heterocycles. The fourth-order valence-corrected chi connectivity index (χ4v) is 13.8. The number of nitro benzene ring substituents is 6. The molecule has 4 fully saturated rings. The van der Waals surface area contributed by atoms with E-state index in [0.717, 1.165) is 63.7 Å². The van der Waals surface area contributed by atoms with Crippen molar-refractivity contribution in [3.05, 3.63) is 327 Å². The van der Waals surface area contributed by atoms with Crippen LogP contribution in [0.5, 0.6) is 0 Å². The molecule has 0 saturated carbocycles. The van der Waals surface area contributed by atoms with Crippen LogP contribution < -0.4 is 16.4 Å². The topological polar surface area (TPSA) is 546 Å². The number of para-hydroxylation sites is 2. The minimum Gasteiger partial charge on any atom is -0.477 e. The molecule has 4 heterocycles. The molecule has 13 rings (SSSR count). The highest BCUT2D eigenvalue weighted by Crippen LogP contribution is 2.31. The van der Waals surface area contributed by atoms with Crippen molar-refractivity contribution in [2.75, 3.05) is 143 Å². The molecule has 41 nitrogen and oxygen atoms in total. The smallest absolute Gasteiger partial charge is 0.345 e. The van der Waals surface area contributed by atoms with Gasteiger partial charge in [-0.1, -0.05) is 137 Å². The number of rotatable bonds is 24. The first kappa shape index (κ1) is 102. The van der Waals surface area contributed by atoms with Crippen LogP contribution in [0.1, 0.15) is 111 Å². The van der Waals surface area contributed by atoms with Crippen molar-refractivity contribution < 1.29 is 106 Å². The van der Waals surface area contributed by atoms with Crippen molar-refractivity contribution in [2.24, 2.45) is 0 Å². The third-order valence-electron chi connectivity index (χ3n) is 19.6. The first-order valence-electron chi connectivity index (χ1n) is 39.5. The number of nitrogens with two attached hydrogens (primary N) is 1. The fourth-order valence-electron chi connectivity index (χ4n) is 13.4. The van der Waals surface area contributed by atoms with Crippen LogP contribution in [-0.2, 0) is 64.7 Å². The number of aryl methyl sites for hydroxylation is 2. The first-order valence-corrected chi connectivity index (χ1v) is 40.6. The summed E-state index contributed by atoms with van der Waals surface area (Å²) in [6, 6.07) is 50.7. The van der Waals surface area contributed by atoms with Gasteiger partial charge in [0.25, 0.3) is 45.9 Å². The molecule has 4 aliphatic heterocycles. The lowest BCUT2D eigenvalue weighted by molar-refractivity contribution is -0.385. The molecule has 0 aromatic heterocycles. The molecule has 0 bridgehead atoms. The number of nitrogens with one attached hydrogen (secondary N) is 2. The predicted molar refractivity (Wildman–Crippen MR) is 473 cm³/mol. The molecule has 0 unspecified atom stereocenters. The van der Waals surface area contributed by atoms with Crippen molar-refractivity contribution in [3.8, 4) is 0 Å². The fraction of sp³-hybridized carbons (Fsp3) is 0.299. The second kappa shape index (κ2) is 51.9. The highest BCUT2D eigenvalue weighted by Gasteiger charge is 2.32. The standard InChI is InChI=1S/C18H19N3O4.C18H21N3O2.C13H16N2O5.C12H14N2O5.C9H8BrNO4.C9H9NO4.C8H7NO4/c22-18(19-15-6-2-1-3-7-15)17-14(5-4-8-16(17)21(23)24)13-20-9-11-25-12-10-20;19-16-8-4-5-14(13-21-9-11-23-12-10-21)17(16)18(22)20-15-6-2-1-3-7-15;1-19-13(16)12-10(3-2-4-11(12)15(17)18)9-14-5-7-20-8-6-14;15-12(16)11-9(2-1-3-10(11)14(17)18)8-13-4-6-19-7-5-13;1-15-9(12)8-6(5-10)3-2-4-7(8)11(13)14;1-6-4-3-5-7(10(12)13)8(6)9(11)14-2;1-5-3-2-4-6(9(12)13)7(5)8(10)11/h1-8H,9-13H2,(H,19,22);1-8H,9-13,19H2,(H,20,22);2-4H,5-9H2,1H3;1-3H,4-8H2,(H,15,16);2-4H,5H2,1H3;3-5H,1-2H3;2-4H,1H3,(H,10,11). The maximum absolute atomic E-state index is 12.7. The average molecular weight is 1850 g/mol. The SMILES string of the molecule is COC(=O)c1c(C)cccc1[N+](=O)[O-].COC(=O)c1c(CBr)cccc1[N+](=O)[O-].COC(=O)c1c(CN2CCOCC2)cccc1[N+](=O)[O-].Cc1cccc([N+](=O)[O-])c1C(=O)O.Nc1cccc(CN2CCOCC2)c1C(=O)Nc1ccccc1.O=C(Nc1ccccc1)c1c(CN2CCOCC2)cccc1[N+](=O)[O-].O=C(O)c1c(CN2CCOCC2)cccc1[N+](=O)[O-]. The molecule has 4 aliphatic rings. The summed E-state index contributed by atoms with van der Waals surface area (Å²) in [7, 11) is 3.60. The second-order valence-electron chi connectivity index (χ2n) is 28.0. The molecule has 0 atom stereocenters. The van der Waals surface area contributed by atoms with E-state index in [-0.39, 0.29) is 73.4 Å². The number of nitro groups is 6. The number of esters is 3. The number of carbonyl (C=O) groups excluding carboxylic acids is 5. The van der Waals surface area contributed by atoms with Crippen LogP contribution >= 0.6 is 15.9 Å². The number of methoxy groups -OCH3 is 3. The zero-order valence-corrected chi connectivity index (χ0v) is 72.3. The summed E-state index contributed by atoms with van der Waals surface area (Å²) < 4.78 is 34.8. The third-order valence-corrected chi connectivity index (χ3v) is 20.2. The van der Waals surface area contributed by atoms with Crippen molar-refractivity contribution in [3.63, 3.8) is 0 Å². The number of ether oxygens (including phenoxy) is 7. The van der Waals surface area contributed by atoms with Crippen LogP contribution in [0.2, 0.25) is 0 Å². The van der Waals surface area contributed by atoms with Gasteiger partial charge in [-0.25, -0.2) is 24.0 Å². The number of nitrogens with zero attached hydrogens (tertiary/aromatic N) is 10. The molecular weight excluding hydrogens is 1750 g/mol. The number of morpholine rings is 4. The Morgan fingerprint density at radius 1 is 0.341 bits per heavy atom. The van der Waals surface area contributed by atoms with E-state index < -0.39 is 65.3 Å². The number of hydrogen-bond donors (Lipinski definition) is 5. The van der Waals surface area contributed by atoms with E-state index in [4.69, 9.17) is 29.8 Å². The second-order valence-corrected chi connectivity index (χ2v) is 28.6. The van der Waals surface area contributed by atoms with Gasteiger partial charge in [0.1, 0.15) is 33.4 Å². The van der Waals surface area contributed by atoms with Crippen molar-refractivity contribution in [2.45, 2.75) is 45.4 Å². The van der Waals surface area contributed by atoms with E-state index in [1.54, 1.807) is 79.7 Å². The predicted octanol–water partition coefficient (Wildman–Crippen LogP) is 12.9. The Hall–Kier alpha value is -14.4. The van der Waals surface area contributed by atoms with Gasteiger partial charge in [0.2, 0.25) is 0 Å². The molecular formula is C87H94BrN13O28. The van der Waals surface area contributed by atoms with Crippen LogP contribution in [0.3, 0.4) is 0 Å². The lowest BCUT2D eigenvalue weighted by atomic mass is 10.0. The van der Waals surface area contributed by atoms with Crippen molar-refractivity contribution >= 4 is 109 Å². The minimum absolute atomic E-state index is 0.00174. The van der Waals surface area contributed by atoms with E-state index in [9.17, 15) is 99.4 Å². The van der Waals surface area contributed by atoms with Gasteiger partial charge < -0.3 is 59.7 Å². The van der Waals surface area contributed by atoms with Gasteiger partial charge >= 0.3 is 29.8 Å². The monoisotopic (exact) mass is 1850 g/mol. The van der Waals surface area contributed by atoms with E-state index >= 15 is 0 Å². The number of anilines is 3. The summed E-state index contributed by atoms with van der Waals surface area (Å²) in [6.45, 7) is 16.4. The summed E-state index contributed by atoms with van der Waals surface area (Å²) in [6.07, 6.45) is 0. The van der Waals surface area contributed by atoms with Crippen molar-refractivity contribution in [1.29, 1.82) is 0 Å². The molecule has 682 valence electrons. The number of benzene rings is 9. The molecule has 0 radical (unpaired) electrons. The number of hydrogen-bond acceptors (Lipinski definition) is 31. The summed E-state index contributed by atoms with van der Waals surface area (Å²) in [5.41, 5.74) is 10.7. The summed E-state index contributed by atoms with van der Waals surface area (Å²) in [5, 5.41) is 88.9. The van der Waals surface area contributed by atoms with Crippen LogP contribution in [0.25, 0.3) is 0 Å². The van der Waals surface area contributed by atoms with Crippen LogP contribution in [0.4, 0.5) is 51.2 Å². The number of carboxylic acid groups (broad SMARTS) is 2. The molecule has 9 aromatic carbocycles. The Balaban J connectivity index is 0.000000208. The largest absolute Gasteiger partial charge is 0.477 e. The zero-order chi connectivity index (χ0) is 94.2. The number of halogens is 1. The van der Waals surface area contributed by atoms with Gasteiger partial charge in [0.15, 0.2) is 0 Å². The van der Waals surface area contributed by atoms with Gasteiger partial charge in [-0.2, -0.15) is 0 Å². The number of carbonyl (C=O) groups is 7. The summed E-state index contributed by atoms with van der Waals surface area (Å²) in [5.74, 6) is -5.24. The Morgan fingerprint density at radius 2 is 0.589 bits per heavy atom. The quantitative estimate of drug-likeness (QED) is 0.00936. The lowest BCUT2D eigenvalue weighted by Crippen LogP contribution is -2.36. The van der Waals surface area contributed by atoms with Gasteiger partial charge in [-0.3, -0.25) is 89.9 Å². The summed E-state index contributed by atoms with van der Waals surface area (Å²) in [4.78, 5) is 152. The Bertz CT molecular complexity index is 5440. The molecule has 42 heteroatoms. The molecule has 0 spiro atoms. The van der Waals surface area contributed by atoms with Crippen LogP contribution in [-0.4, -0.2) is 228 Å². The van der Waals surface area contributed by atoms with E-state index in [2.05, 4.69) is 55.5 Å². The highest BCUT2D eigenvalue weighted by molar-refractivity contribution is 9.08. The number of alkyl halides is 1. The maximum atomic E-state index is 12.7. The Labute approximate surface area is 746 Å². The Morgan fingerprint density at radius 3 is 0.907 bits per heavy atom. The molecule has 6 N–H and O–H groups in total. The van der Waals surface area contributed by atoms with Gasteiger partial charge in [-0.15, -0.1) is 0 Å². The van der Waals surface area contributed by atoms with Gasteiger partial charge in [-0.05, 0) is 83.1 Å². The van der Waals surface area contributed by atoms with E-state index in [1.807, 2.05) is 53.4 Å². The lowest BCUT2D eigenvalue weighted by Gasteiger charge is -2.27. The number of carboxylic acids is 2. The third kappa shape index (κ3) is 30.5. The van der Waals surface area contributed by atoms with E-state index in [0.29, 0.717) is 135 Å². The van der Waals surface area contributed by atoms with Crippen molar-refractivity contribution in [1.82, 2.24) is 19.6 Å². The van der Waals surface area contributed by atoms with E-state index in [1.165, 1.54) is 95.0 Å². The maximum Gasteiger partial charge on any atom is 0.345 e. The molecule has 129 heavy (non-hydrogen) atoms. The number of aromatic carboxylic acids is 2. The normalized spacial score (nSPS) is 13.6. The minimum atomic E-state index is -1.27. The first-order chi connectivity index (χ1) is 61.8. The molecule has 9 aromatic rings. The van der Waals surface area contributed by atoms with Crippen LogP contribution in [0.15, 0.2) is 188 Å². The Kier molecular flexibility index (Phi) is 40.9.